The second-order valence-corrected chi connectivity index (χ2v) is 3.47. The van der Waals surface area contributed by atoms with Gasteiger partial charge in [-0.1, -0.05) is 6.07 Å². The van der Waals surface area contributed by atoms with Crippen molar-refractivity contribution in [2.75, 3.05) is 25.1 Å². The Morgan fingerprint density at radius 3 is 2.78 bits per heavy atom. The lowest BCUT2D eigenvalue weighted by atomic mass is 10.3. The molecular formula is C12H16N2O4. The number of anilines is 1. The van der Waals surface area contributed by atoms with Gasteiger partial charge in [0.1, 0.15) is 12.4 Å². The molecular weight excluding hydrogens is 236 g/mol. The lowest BCUT2D eigenvalue weighted by Gasteiger charge is -2.08. The van der Waals surface area contributed by atoms with E-state index in [-0.39, 0.29) is 19.1 Å². The number of ether oxygens (including phenoxy) is 2. The fraction of sp³-hybridized carbons (Fsp3) is 0.333. The van der Waals surface area contributed by atoms with Crippen LogP contribution in [0.15, 0.2) is 24.3 Å². The van der Waals surface area contributed by atoms with Crippen molar-refractivity contribution >= 4 is 17.5 Å². The second kappa shape index (κ2) is 7.29. The molecule has 0 heterocycles. The second-order valence-electron chi connectivity index (χ2n) is 3.47. The summed E-state index contributed by atoms with van der Waals surface area (Å²) in [6, 6.07) is 6.68. The molecule has 2 amide bonds. The summed E-state index contributed by atoms with van der Waals surface area (Å²) in [7, 11) is 0. The third-order valence-electron chi connectivity index (χ3n) is 1.94. The van der Waals surface area contributed by atoms with Gasteiger partial charge in [-0.3, -0.25) is 9.59 Å². The van der Waals surface area contributed by atoms with Gasteiger partial charge in [0.25, 0.3) is 5.91 Å². The summed E-state index contributed by atoms with van der Waals surface area (Å²) in [6.07, 6.45) is 0. The molecule has 6 nitrogen and oxygen atoms in total. The molecule has 0 unspecified atom stereocenters. The van der Waals surface area contributed by atoms with Crippen LogP contribution in [-0.2, 0) is 14.3 Å². The first-order chi connectivity index (χ1) is 8.61. The van der Waals surface area contributed by atoms with Crippen LogP contribution < -0.4 is 15.8 Å². The largest absolute Gasteiger partial charge is 0.484 e. The Morgan fingerprint density at radius 1 is 1.33 bits per heavy atom. The maximum absolute atomic E-state index is 11.4. The topological polar surface area (TPSA) is 90.7 Å². The van der Waals surface area contributed by atoms with Gasteiger partial charge in [0.05, 0.1) is 0 Å². The molecule has 0 aliphatic carbocycles. The highest BCUT2D eigenvalue weighted by molar-refractivity contribution is 5.91. The lowest BCUT2D eigenvalue weighted by molar-refractivity contribution is -0.121. The Morgan fingerprint density at radius 2 is 2.11 bits per heavy atom. The van der Waals surface area contributed by atoms with Crippen LogP contribution in [-0.4, -0.2) is 31.6 Å². The highest BCUT2D eigenvalue weighted by Crippen LogP contribution is 2.17. The molecule has 0 aliphatic rings. The third-order valence-corrected chi connectivity index (χ3v) is 1.94. The number of carbonyl (C=O) groups excluding carboxylic acids is 2. The Labute approximate surface area is 105 Å². The molecule has 0 radical (unpaired) electrons. The van der Waals surface area contributed by atoms with Crippen LogP contribution in [0.1, 0.15) is 6.92 Å². The number of carbonyl (C=O) groups is 2. The highest BCUT2D eigenvalue weighted by atomic mass is 16.5. The lowest BCUT2D eigenvalue weighted by Crippen LogP contribution is -2.20. The summed E-state index contributed by atoms with van der Waals surface area (Å²) in [5, 5.41) is 2.64. The van der Waals surface area contributed by atoms with E-state index in [0.29, 0.717) is 18.0 Å². The zero-order valence-corrected chi connectivity index (χ0v) is 10.1. The summed E-state index contributed by atoms with van der Waals surface area (Å²) in [5.74, 6) is -0.340. The molecule has 18 heavy (non-hydrogen) atoms. The predicted molar refractivity (Wildman–Crippen MR) is 66.3 cm³/mol. The zero-order valence-electron chi connectivity index (χ0n) is 10.1. The molecule has 0 bridgehead atoms. The molecule has 0 spiro atoms. The maximum atomic E-state index is 11.4. The molecule has 0 saturated carbocycles. The molecule has 0 aliphatic heterocycles. The minimum absolute atomic E-state index is 0.00285. The molecule has 1 rings (SSSR count). The van der Waals surface area contributed by atoms with Gasteiger partial charge in [-0.25, -0.2) is 0 Å². The standard InChI is InChI=1S/C12H16N2O4/c1-2-17-8-12(16)14-9-4-3-5-10(6-9)18-7-11(13)15/h3-6H,2,7-8H2,1H3,(H2,13,15)(H,14,16). The number of nitrogens with one attached hydrogen (secondary N) is 1. The Balaban J connectivity index is 2.53. The summed E-state index contributed by atoms with van der Waals surface area (Å²) in [5.41, 5.74) is 5.53. The summed E-state index contributed by atoms with van der Waals surface area (Å²) in [6.45, 7) is 2.10. The van der Waals surface area contributed by atoms with E-state index in [4.69, 9.17) is 15.2 Å². The van der Waals surface area contributed by atoms with E-state index >= 15 is 0 Å². The average Bonchev–Trinajstić information content (AvgIpc) is 2.34. The van der Waals surface area contributed by atoms with Crippen LogP contribution in [0.2, 0.25) is 0 Å². The number of amides is 2. The van der Waals surface area contributed by atoms with E-state index in [9.17, 15) is 9.59 Å². The number of benzene rings is 1. The van der Waals surface area contributed by atoms with E-state index in [1.54, 1.807) is 24.3 Å². The van der Waals surface area contributed by atoms with E-state index in [2.05, 4.69) is 5.32 Å². The van der Waals surface area contributed by atoms with Crippen LogP contribution in [0.5, 0.6) is 5.75 Å². The van der Waals surface area contributed by atoms with Crippen molar-refractivity contribution < 1.29 is 19.1 Å². The average molecular weight is 252 g/mol. The highest BCUT2D eigenvalue weighted by Gasteiger charge is 2.03. The van der Waals surface area contributed by atoms with Crippen LogP contribution in [0.3, 0.4) is 0 Å². The first-order valence-corrected chi connectivity index (χ1v) is 5.50. The van der Waals surface area contributed by atoms with E-state index in [1.165, 1.54) is 0 Å². The fourth-order valence-electron chi connectivity index (χ4n) is 1.21. The number of rotatable bonds is 7. The molecule has 0 saturated heterocycles. The van der Waals surface area contributed by atoms with E-state index in [1.807, 2.05) is 6.92 Å². The van der Waals surface area contributed by atoms with Gasteiger partial charge in [-0.2, -0.15) is 0 Å². The minimum Gasteiger partial charge on any atom is -0.484 e. The van der Waals surface area contributed by atoms with Gasteiger partial charge in [0.15, 0.2) is 6.61 Å². The normalized spacial score (nSPS) is 9.83. The Hall–Kier alpha value is -2.08. The van der Waals surface area contributed by atoms with E-state index in [0.717, 1.165) is 0 Å². The van der Waals surface area contributed by atoms with Gasteiger partial charge < -0.3 is 20.5 Å². The van der Waals surface area contributed by atoms with Crippen molar-refractivity contribution in [3.63, 3.8) is 0 Å². The van der Waals surface area contributed by atoms with Crippen molar-refractivity contribution in [1.29, 1.82) is 0 Å². The molecule has 3 N–H and O–H groups in total. The van der Waals surface area contributed by atoms with Crippen molar-refractivity contribution in [2.45, 2.75) is 6.92 Å². The molecule has 0 fully saturated rings. The number of hydrogen-bond donors (Lipinski definition) is 2. The first kappa shape index (κ1) is 14.0. The predicted octanol–water partition coefficient (Wildman–Crippen LogP) is 0.526. The Kier molecular flexibility index (Phi) is 5.66. The van der Waals surface area contributed by atoms with Gasteiger partial charge >= 0.3 is 0 Å². The Bertz CT molecular complexity index is 420. The molecule has 0 atom stereocenters. The SMILES string of the molecule is CCOCC(=O)Nc1cccc(OCC(N)=O)c1. The van der Waals surface area contributed by atoms with Crippen molar-refractivity contribution in [1.82, 2.24) is 0 Å². The number of hydrogen-bond acceptors (Lipinski definition) is 4. The van der Waals surface area contributed by atoms with Crippen LogP contribution in [0.4, 0.5) is 5.69 Å². The minimum atomic E-state index is -0.555. The van der Waals surface area contributed by atoms with Gasteiger partial charge in [0, 0.05) is 18.4 Å². The van der Waals surface area contributed by atoms with Crippen molar-refractivity contribution in [3.8, 4) is 5.75 Å². The van der Waals surface area contributed by atoms with Crippen LogP contribution in [0.25, 0.3) is 0 Å². The molecule has 1 aromatic rings. The van der Waals surface area contributed by atoms with Gasteiger partial charge in [-0.05, 0) is 19.1 Å². The van der Waals surface area contributed by atoms with Gasteiger partial charge in [-0.15, -0.1) is 0 Å². The molecule has 6 heteroatoms. The smallest absolute Gasteiger partial charge is 0.255 e. The number of nitrogens with two attached hydrogens (primary N) is 1. The maximum Gasteiger partial charge on any atom is 0.255 e. The monoisotopic (exact) mass is 252 g/mol. The number of primary amides is 1. The summed E-state index contributed by atoms with van der Waals surface area (Å²) in [4.78, 5) is 22.0. The van der Waals surface area contributed by atoms with Crippen LogP contribution >= 0.6 is 0 Å². The quantitative estimate of drug-likeness (QED) is 0.740. The van der Waals surface area contributed by atoms with Crippen molar-refractivity contribution in [3.05, 3.63) is 24.3 Å². The zero-order chi connectivity index (χ0) is 13.4. The first-order valence-electron chi connectivity index (χ1n) is 5.50. The summed E-state index contributed by atoms with van der Waals surface area (Å²) < 4.78 is 10.1. The molecule has 0 aromatic heterocycles. The summed E-state index contributed by atoms with van der Waals surface area (Å²) >= 11 is 0. The third kappa shape index (κ3) is 5.31. The van der Waals surface area contributed by atoms with E-state index < -0.39 is 5.91 Å². The van der Waals surface area contributed by atoms with Crippen LogP contribution in [0, 0.1) is 0 Å². The molecule has 1 aromatic carbocycles. The van der Waals surface area contributed by atoms with Crippen molar-refractivity contribution in [2.24, 2.45) is 5.73 Å². The molecule has 98 valence electrons. The fourth-order valence-corrected chi connectivity index (χ4v) is 1.21. The van der Waals surface area contributed by atoms with Gasteiger partial charge in [0.2, 0.25) is 5.91 Å².